The second kappa shape index (κ2) is 8.64. The average molecular weight is 461 g/mol. The molecule has 1 aromatic carbocycles. The summed E-state index contributed by atoms with van der Waals surface area (Å²) in [5.41, 5.74) is 1.39. The molecular weight excluding hydrogens is 435 g/mol. The molecule has 0 spiro atoms. The number of alkyl halides is 3. The van der Waals surface area contributed by atoms with Crippen LogP contribution in [0.3, 0.4) is 0 Å². The van der Waals surface area contributed by atoms with Crippen LogP contribution in [0.5, 0.6) is 0 Å². The molecule has 0 aliphatic heterocycles. The molecule has 1 fully saturated rings. The van der Waals surface area contributed by atoms with Crippen LogP contribution in [0, 0.1) is 19.8 Å². The fraction of sp³-hybridized carbons (Fsp3) is 0.478. The highest BCUT2D eigenvalue weighted by molar-refractivity contribution is 5.79. The van der Waals surface area contributed by atoms with Crippen LogP contribution in [-0.2, 0) is 17.4 Å². The van der Waals surface area contributed by atoms with Crippen molar-refractivity contribution in [1.82, 2.24) is 25.2 Å². The second-order valence-electron chi connectivity index (χ2n) is 8.84. The van der Waals surface area contributed by atoms with E-state index in [-0.39, 0.29) is 23.9 Å². The first-order chi connectivity index (χ1) is 15.5. The van der Waals surface area contributed by atoms with Gasteiger partial charge in [-0.2, -0.15) is 23.3 Å². The molecule has 1 aliphatic carbocycles. The number of carbonyl (C=O) groups is 1. The summed E-state index contributed by atoms with van der Waals surface area (Å²) in [4.78, 5) is 17.4. The Morgan fingerprint density at radius 2 is 2.00 bits per heavy atom. The topological polar surface area (TPSA) is 85.8 Å². The Hall–Kier alpha value is -3.17. The zero-order valence-corrected chi connectivity index (χ0v) is 18.9. The van der Waals surface area contributed by atoms with Crippen LogP contribution in [0.25, 0.3) is 5.69 Å². The molecule has 1 amide bonds. The summed E-state index contributed by atoms with van der Waals surface area (Å²) in [6.07, 6.45) is -2.32. The number of hydrogen-bond donors (Lipinski definition) is 1. The molecule has 2 heterocycles. The Morgan fingerprint density at radius 3 is 2.64 bits per heavy atom. The minimum atomic E-state index is -4.45. The van der Waals surface area contributed by atoms with Crippen LogP contribution in [-0.4, -0.2) is 25.8 Å². The number of nitrogens with zero attached hydrogens (tertiary/aromatic N) is 4. The highest BCUT2D eigenvalue weighted by Gasteiger charge is 2.32. The van der Waals surface area contributed by atoms with Gasteiger partial charge in [-0.15, -0.1) is 0 Å². The molecule has 0 saturated heterocycles. The number of nitrogens with one attached hydrogen (secondary N) is 1. The lowest BCUT2D eigenvalue weighted by molar-refractivity contribution is -0.137. The fourth-order valence-corrected chi connectivity index (χ4v) is 3.78. The third-order valence-electron chi connectivity index (χ3n) is 5.85. The number of benzene rings is 1. The summed E-state index contributed by atoms with van der Waals surface area (Å²) in [7, 11) is 0. The first kappa shape index (κ1) is 23.0. The van der Waals surface area contributed by atoms with Gasteiger partial charge in [-0.3, -0.25) is 4.79 Å². The van der Waals surface area contributed by atoms with E-state index in [1.807, 2.05) is 13.8 Å². The molecule has 3 aromatic rings. The number of rotatable bonds is 7. The number of amides is 1. The predicted molar refractivity (Wildman–Crippen MR) is 114 cm³/mol. The van der Waals surface area contributed by atoms with Gasteiger partial charge in [-0.05, 0) is 50.8 Å². The molecule has 33 heavy (non-hydrogen) atoms. The molecule has 1 aliphatic rings. The van der Waals surface area contributed by atoms with Crippen molar-refractivity contribution in [1.29, 1.82) is 0 Å². The molecule has 0 radical (unpaired) electrons. The Kier molecular flexibility index (Phi) is 6.02. The maximum Gasteiger partial charge on any atom is 0.416 e. The Morgan fingerprint density at radius 1 is 1.27 bits per heavy atom. The van der Waals surface area contributed by atoms with E-state index in [1.165, 1.54) is 10.7 Å². The number of halogens is 3. The zero-order chi connectivity index (χ0) is 23.9. The van der Waals surface area contributed by atoms with Crippen LogP contribution < -0.4 is 5.32 Å². The lowest BCUT2D eigenvalue weighted by atomic mass is 10.0. The van der Waals surface area contributed by atoms with E-state index < -0.39 is 17.8 Å². The normalized spacial score (nSPS) is 15.2. The monoisotopic (exact) mass is 461 g/mol. The summed E-state index contributed by atoms with van der Waals surface area (Å²) >= 11 is 0. The highest BCUT2D eigenvalue weighted by atomic mass is 19.4. The van der Waals surface area contributed by atoms with Crippen LogP contribution in [0.1, 0.15) is 72.9 Å². The molecular formula is C23H26F3N5O2. The van der Waals surface area contributed by atoms with Crippen molar-refractivity contribution in [3.8, 4) is 5.69 Å². The molecule has 0 bridgehead atoms. The number of aromatic nitrogens is 4. The first-order valence-electron chi connectivity index (χ1n) is 10.9. The van der Waals surface area contributed by atoms with E-state index in [9.17, 15) is 18.0 Å². The third-order valence-corrected chi connectivity index (χ3v) is 5.85. The largest absolute Gasteiger partial charge is 0.416 e. The van der Waals surface area contributed by atoms with E-state index in [2.05, 4.69) is 20.6 Å². The summed E-state index contributed by atoms with van der Waals surface area (Å²) < 4.78 is 46.2. The van der Waals surface area contributed by atoms with Crippen molar-refractivity contribution in [3.05, 3.63) is 58.5 Å². The molecule has 176 valence electrons. The van der Waals surface area contributed by atoms with Crippen molar-refractivity contribution in [2.75, 3.05) is 0 Å². The summed E-state index contributed by atoms with van der Waals surface area (Å²) in [5.74, 6) is 1.18. The predicted octanol–water partition coefficient (Wildman–Crippen LogP) is 4.82. The number of hydrogen-bond acceptors (Lipinski definition) is 5. The molecule has 10 heteroatoms. The first-order valence-corrected chi connectivity index (χ1v) is 10.9. The number of carbonyl (C=O) groups excluding carboxylic acids is 1. The average Bonchev–Trinajstić information content (AvgIpc) is 3.43. The molecule has 1 saturated carbocycles. The van der Waals surface area contributed by atoms with Crippen molar-refractivity contribution >= 4 is 5.91 Å². The highest BCUT2D eigenvalue weighted by Crippen LogP contribution is 2.38. The summed E-state index contributed by atoms with van der Waals surface area (Å²) in [6.45, 7) is 7.38. The van der Waals surface area contributed by atoms with E-state index >= 15 is 0 Å². The fourth-order valence-electron chi connectivity index (χ4n) is 3.78. The van der Waals surface area contributed by atoms with Gasteiger partial charge in [0.25, 0.3) is 0 Å². The van der Waals surface area contributed by atoms with Crippen molar-refractivity contribution in [2.24, 2.45) is 5.92 Å². The molecule has 1 N–H and O–H groups in total. The molecule has 7 nitrogen and oxygen atoms in total. The van der Waals surface area contributed by atoms with E-state index in [0.29, 0.717) is 34.6 Å². The van der Waals surface area contributed by atoms with Crippen molar-refractivity contribution in [2.45, 2.75) is 65.1 Å². The van der Waals surface area contributed by atoms with Crippen LogP contribution in [0.4, 0.5) is 13.2 Å². The van der Waals surface area contributed by atoms with Crippen LogP contribution in [0.15, 0.2) is 28.8 Å². The van der Waals surface area contributed by atoms with E-state index in [1.54, 1.807) is 19.9 Å². The van der Waals surface area contributed by atoms with Crippen LogP contribution in [0.2, 0.25) is 0 Å². The molecule has 2 aromatic heterocycles. The zero-order valence-electron chi connectivity index (χ0n) is 18.9. The van der Waals surface area contributed by atoms with E-state index in [4.69, 9.17) is 4.52 Å². The smallest absolute Gasteiger partial charge is 0.344 e. The van der Waals surface area contributed by atoms with Gasteiger partial charge in [0.15, 0.2) is 5.82 Å². The van der Waals surface area contributed by atoms with Crippen molar-refractivity contribution < 1.29 is 22.5 Å². The lowest BCUT2D eigenvalue weighted by Gasteiger charge is -2.18. The lowest BCUT2D eigenvalue weighted by Crippen LogP contribution is -2.33. The van der Waals surface area contributed by atoms with Gasteiger partial charge in [0.2, 0.25) is 11.8 Å². The minimum absolute atomic E-state index is 0.0245. The molecule has 1 atom stereocenters. The molecule has 4 rings (SSSR count). The Balaban J connectivity index is 1.53. The Labute approximate surface area is 189 Å². The van der Waals surface area contributed by atoms with Crippen LogP contribution >= 0.6 is 0 Å². The van der Waals surface area contributed by atoms with Gasteiger partial charge < -0.3 is 9.84 Å². The van der Waals surface area contributed by atoms with Gasteiger partial charge in [-0.1, -0.05) is 25.1 Å². The number of aryl methyl sites for hydroxylation is 1. The second-order valence-corrected chi connectivity index (χ2v) is 8.84. The quantitative estimate of drug-likeness (QED) is 0.545. The van der Waals surface area contributed by atoms with Gasteiger partial charge in [0.05, 0.1) is 23.4 Å². The maximum absolute atomic E-state index is 13.1. The van der Waals surface area contributed by atoms with Crippen molar-refractivity contribution in [3.63, 3.8) is 0 Å². The minimum Gasteiger partial charge on any atom is -0.344 e. The SMILES string of the molecule is Cc1nn(-c2cccc(C(F)(F)F)c2)c(C)c1CC(=O)NC(c1nc(C2CC2)no1)C(C)C. The maximum atomic E-state index is 13.1. The third kappa shape index (κ3) is 4.94. The van der Waals surface area contributed by atoms with Gasteiger partial charge in [0, 0.05) is 17.2 Å². The summed E-state index contributed by atoms with van der Waals surface area (Å²) in [6, 6.07) is 4.53. The van der Waals surface area contributed by atoms with E-state index in [0.717, 1.165) is 25.0 Å². The van der Waals surface area contributed by atoms with Gasteiger partial charge in [-0.25, -0.2) is 4.68 Å². The standard InChI is InChI=1S/C23H26F3N5O2/c1-12(2)20(22-28-21(30-33-22)15-8-9-15)27-19(32)11-18-13(3)29-31(14(18)4)17-7-5-6-16(10-17)23(24,25)26/h5-7,10,12,15,20H,8-9,11H2,1-4H3,(H,27,32). The summed E-state index contributed by atoms with van der Waals surface area (Å²) in [5, 5.41) is 11.4. The Bertz CT molecular complexity index is 1160. The molecule has 1 unspecified atom stereocenters. The van der Waals surface area contributed by atoms with Gasteiger partial charge >= 0.3 is 6.18 Å². The van der Waals surface area contributed by atoms with Gasteiger partial charge in [0.1, 0.15) is 6.04 Å².